The number of methoxy groups -OCH3 is 2. The van der Waals surface area contributed by atoms with Crippen molar-refractivity contribution in [2.75, 3.05) is 27.4 Å². The highest BCUT2D eigenvalue weighted by atomic mass is 16.5. The van der Waals surface area contributed by atoms with Crippen LogP contribution in [0.3, 0.4) is 0 Å². The fourth-order valence-corrected chi connectivity index (χ4v) is 2.28. The third-order valence-corrected chi connectivity index (χ3v) is 3.31. The molecule has 0 radical (unpaired) electrons. The zero-order valence-corrected chi connectivity index (χ0v) is 11.0. The van der Waals surface area contributed by atoms with Gasteiger partial charge in [-0.3, -0.25) is 0 Å². The SMILES string of the molecule is CO/C=C1\COCCC1Cc1ccc(OC)cc1. The summed E-state index contributed by atoms with van der Waals surface area (Å²) >= 11 is 0. The summed E-state index contributed by atoms with van der Waals surface area (Å²) in [5, 5.41) is 0. The van der Waals surface area contributed by atoms with Crippen LogP contribution in [-0.4, -0.2) is 27.4 Å². The average Bonchev–Trinajstić information content (AvgIpc) is 2.42. The molecule has 1 aromatic rings. The van der Waals surface area contributed by atoms with Crippen LogP contribution in [0.2, 0.25) is 0 Å². The second kappa shape index (κ2) is 6.45. The smallest absolute Gasteiger partial charge is 0.118 e. The van der Waals surface area contributed by atoms with Crippen molar-refractivity contribution in [3.63, 3.8) is 0 Å². The maximum atomic E-state index is 5.47. The van der Waals surface area contributed by atoms with Crippen LogP contribution >= 0.6 is 0 Å². The summed E-state index contributed by atoms with van der Waals surface area (Å²) in [5.41, 5.74) is 2.57. The summed E-state index contributed by atoms with van der Waals surface area (Å²) < 4.78 is 15.8. The first-order chi connectivity index (χ1) is 8.83. The predicted octanol–water partition coefficient (Wildman–Crippen LogP) is 2.80. The predicted molar refractivity (Wildman–Crippen MR) is 70.7 cm³/mol. The van der Waals surface area contributed by atoms with Crippen molar-refractivity contribution in [1.82, 2.24) is 0 Å². The van der Waals surface area contributed by atoms with E-state index >= 15 is 0 Å². The molecule has 1 aromatic carbocycles. The minimum absolute atomic E-state index is 0.520. The van der Waals surface area contributed by atoms with Crippen molar-refractivity contribution in [2.24, 2.45) is 5.92 Å². The van der Waals surface area contributed by atoms with Crippen molar-refractivity contribution >= 4 is 0 Å². The maximum Gasteiger partial charge on any atom is 0.118 e. The molecular weight excluding hydrogens is 228 g/mol. The van der Waals surface area contributed by atoms with Crippen LogP contribution in [0.25, 0.3) is 0 Å². The fourth-order valence-electron chi connectivity index (χ4n) is 2.28. The van der Waals surface area contributed by atoms with Gasteiger partial charge in [0.05, 0.1) is 27.1 Å². The minimum atomic E-state index is 0.520. The van der Waals surface area contributed by atoms with E-state index in [4.69, 9.17) is 14.2 Å². The molecule has 3 nitrogen and oxygen atoms in total. The molecule has 18 heavy (non-hydrogen) atoms. The summed E-state index contributed by atoms with van der Waals surface area (Å²) in [5.74, 6) is 1.42. The van der Waals surface area contributed by atoms with Gasteiger partial charge in [-0.05, 0) is 42.0 Å². The largest absolute Gasteiger partial charge is 0.504 e. The van der Waals surface area contributed by atoms with Gasteiger partial charge in [0.15, 0.2) is 0 Å². The molecule has 0 aliphatic carbocycles. The number of hydrogen-bond donors (Lipinski definition) is 0. The third kappa shape index (κ3) is 3.26. The first-order valence-corrected chi connectivity index (χ1v) is 6.26. The molecule has 0 spiro atoms. The third-order valence-electron chi connectivity index (χ3n) is 3.31. The van der Waals surface area contributed by atoms with E-state index in [-0.39, 0.29) is 0 Å². The minimum Gasteiger partial charge on any atom is -0.504 e. The fraction of sp³-hybridized carbons (Fsp3) is 0.467. The number of hydrogen-bond acceptors (Lipinski definition) is 3. The summed E-state index contributed by atoms with van der Waals surface area (Å²) in [7, 11) is 3.37. The van der Waals surface area contributed by atoms with Crippen LogP contribution in [-0.2, 0) is 15.9 Å². The molecule has 0 aromatic heterocycles. The van der Waals surface area contributed by atoms with Crippen LogP contribution < -0.4 is 4.74 Å². The Morgan fingerprint density at radius 1 is 1.28 bits per heavy atom. The molecule has 1 aliphatic heterocycles. The van der Waals surface area contributed by atoms with E-state index in [2.05, 4.69) is 12.1 Å². The summed E-state index contributed by atoms with van der Waals surface area (Å²) in [6.45, 7) is 1.52. The van der Waals surface area contributed by atoms with E-state index in [1.165, 1.54) is 11.1 Å². The summed E-state index contributed by atoms with van der Waals surface area (Å²) in [6, 6.07) is 8.26. The van der Waals surface area contributed by atoms with E-state index in [9.17, 15) is 0 Å². The van der Waals surface area contributed by atoms with Crippen molar-refractivity contribution in [1.29, 1.82) is 0 Å². The van der Waals surface area contributed by atoms with Crippen molar-refractivity contribution in [3.05, 3.63) is 41.7 Å². The highest BCUT2D eigenvalue weighted by Crippen LogP contribution is 2.25. The van der Waals surface area contributed by atoms with Gasteiger partial charge in [-0.2, -0.15) is 0 Å². The van der Waals surface area contributed by atoms with Crippen molar-refractivity contribution < 1.29 is 14.2 Å². The number of benzene rings is 1. The Kier molecular flexibility index (Phi) is 4.65. The lowest BCUT2D eigenvalue weighted by atomic mass is 9.89. The van der Waals surface area contributed by atoms with E-state index in [1.807, 2.05) is 18.4 Å². The van der Waals surface area contributed by atoms with Gasteiger partial charge in [-0.1, -0.05) is 12.1 Å². The molecule has 1 aliphatic rings. The van der Waals surface area contributed by atoms with Crippen molar-refractivity contribution in [2.45, 2.75) is 12.8 Å². The molecule has 98 valence electrons. The Morgan fingerprint density at radius 2 is 2.06 bits per heavy atom. The maximum absolute atomic E-state index is 5.47. The molecule has 0 amide bonds. The molecule has 1 atom stereocenters. The average molecular weight is 248 g/mol. The molecule has 0 bridgehead atoms. The molecule has 1 fully saturated rings. The lowest BCUT2D eigenvalue weighted by Crippen LogP contribution is -2.21. The van der Waals surface area contributed by atoms with E-state index in [0.29, 0.717) is 12.5 Å². The normalized spacial score (nSPS) is 21.9. The Bertz CT molecular complexity index is 395. The van der Waals surface area contributed by atoms with Gasteiger partial charge < -0.3 is 14.2 Å². The second-order valence-electron chi connectivity index (χ2n) is 4.52. The standard InChI is InChI=1S/C15H20O3/c1-16-10-14-11-18-8-7-13(14)9-12-3-5-15(17-2)6-4-12/h3-6,10,13H,7-9,11H2,1-2H3/b14-10+. The Balaban J connectivity index is 2.03. The van der Waals surface area contributed by atoms with E-state index in [1.54, 1.807) is 14.2 Å². The zero-order chi connectivity index (χ0) is 12.8. The second-order valence-corrected chi connectivity index (χ2v) is 4.52. The van der Waals surface area contributed by atoms with Gasteiger partial charge in [0.1, 0.15) is 5.75 Å². The molecule has 3 heteroatoms. The monoisotopic (exact) mass is 248 g/mol. The molecule has 0 N–H and O–H groups in total. The lowest BCUT2D eigenvalue weighted by Gasteiger charge is -2.25. The quantitative estimate of drug-likeness (QED) is 0.767. The van der Waals surface area contributed by atoms with Gasteiger partial charge >= 0.3 is 0 Å². The molecule has 1 heterocycles. The Hall–Kier alpha value is -1.48. The van der Waals surface area contributed by atoms with Gasteiger partial charge in [-0.15, -0.1) is 0 Å². The van der Waals surface area contributed by atoms with Gasteiger partial charge in [0.25, 0.3) is 0 Å². The highest BCUT2D eigenvalue weighted by molar-refractivity contribution is 5.28. The highest BCUT2D eigenvalue weighted by Gasteiger charge is 2.20. The molecular formula is C15H20O3. The molecule has 1 saturated heterocycles. The first kappa shape index (κ1) is 13.0. The van der Waals surface area contributed by atoms with Crippen molar-refractivity contribution in [3.8, 4) is 5.75 Å². The van der Waals surface area contributed by atoms with Gasteiger partial charge in [0, 0.05) is 6.61 Å². The summed E-state index contributed by atoms with van der Waals surface area (Å²) in [4.78, 5) is 0. The lowest BCUT2D eigenvalue weighted by molar-refractivity contribution is 0.103. The summed E-state index contributed by atoms with van der Waals surface area (Å²) in [6.07, 6.45) is 3.91. The number of ether oxygens (including phenoxy) is 3. The van der Waals surface area contributed by atoms with Crippen LogP contribution in [0.5, 0.6) is 5.75 Å². The zero-order valence-electron chi connectivity index (χ0n) is 11.0. The molecule has 0 saturated carbocycles. The van der Waals surface area contributed by atoms with Gasteiger partial charge in [-0.25, -0.2) is 0 Å². The topological polar surface area (TPSA) is 27.7 Å². The number of rotatable bonds is 4. The van der Waals surface area contributed by atoms with Crippen LogP contribution in [0.4, 0.5) is 0 Å². The molecule has 1 unspecified atom stereocenters. The molecule has 2 rings (SSSR count). The van der Waals surface area contributed by atoms with Crippen LogP contribution in [0.15, 0.2) is 36.1 Å². The Labute approximate surface area is 108 Å². The van der Waals surface area contributed by atoms with Crippen LogP contribution in [0, 0.1) is 5.92 Å². The first-order valence-electron chi connectivity index (χ1n) is 6.26. The van der Waals surface area contributed by atoms with E-state index in [0.717, 1.165) is 25.2 Å². The van der Waals surface area contributed by atoms with E-state index < -0.39 is 0 Å². The van der Waals surface area contributed by atoms with Crippen LogP contribution in [0.1, 0.15) is 12.0 Å². The Morgan fingerprint density at radius 3 is 2.72 bits per heavy atom. The van der Waals surface area contributed by atoms with Gasteiger partial charge in [0.2, 0.25) is 0 Å².